The minimum Gasteiger partial charge on any atom is -0.480 e. The molecule has 0 rings (SSSR count). The minimum atomic E-state index is -1.59. The molecule has 0 aliphatic carbocycles. The number of aliphatic hydroxyl groups is 1. The fraction of sp³-hybridized carbons (Fsp3) is 0.778. The van der Waals surface area contributed by atoms with Gasteiger partial charge in [-0.2, -0.15) is 0 Å². The van der Waals surface area contributed by atoms with E-state index in [2.05, 4.69) is 5.32 Å². The van der Waals surface area contributed by atoms with Gasteiger partial charge in [0.25, 0.3) is 0 Å². The van der Waals surface area contributed by atoms with E-state index in [0.29, 0.717) is 0 Å². The Morgan fingerprint density at radius 3 is 1.93 bits per heavy atom. The van der Waals surface area contributed by atoms with E-state index >= 15 is 0 Å². The first-order valence-electron chi connectivity index (χ1n) is 4.31. The lowest BCUT2D eigenvalue weighted by Gasteiger charge is -2.29. The van der Waals surface area contributed by atoms with Crippen molar-refractivity contribution < 1.29 is 19.8 Å². The van der Waals surface area contributed by atoms with Crippen LogP contribution in [0.15, 0.2) is 0 Å². The molecule has 14 heavy (non-hydrogen) atoms. The molecule has 0 aromatic carbocycles. The summed E-state index contributed by atoms with van der Waals surface area (Å²) in [5.74, 6) is -1.84. The van der Waals surface area contributed by atoms with Crippen molar-refractivity contribution >= 4 is 11.9 Å². The lowest BCUT2D eigenvalue weighted by molar-refractivity contribution is -0.158. The Balaban J connectivity index is 4.93. The van der Waals surface area contributed by atoms with Gasteiger partial charge < -0.3 is 15.5 Å². The van der Waals surface area contributed by atoms with Gasteiger partial charge in [0, 0.05) is 13.5 Å². The number of carboxylic acids is 1. The Bertz CT molecular complexity index is 244. The summed E-state index contributed by atoms with van der Waals surface area (Å²) in [5, 5.41) is 20.7. The van der Waals surface area contributed by atoms with Crippen LogP contribution in [0.25, 0.3) is 0 Å². The zero-order valence-electron chi connectivity index (χ0n) is 8.92. The van der Waals surface area contributed by atoms with Gasteiger partial charge >= 0.3 is 5.97 Å². The van der Waals surface area contributed by atoms with Gasteiger partial charge in [0.1, 0.15) is 5.41 Å². The van der Waals surface area contributed by atoms with E-state index in [-0.39, 0.29) is 6.42 Å². The van der Waals surface area contributed by atoms with Crippen LogP contribution in [-0.2, 0) is 9.59 Å². The van der Waals surface area contributed by atoms with Crippen molar-refractivity contribution in [2.24, 2.45) is 5.41 Å². The molecule has 0 aromatic rings. The van der Waals surface area contributed by atoms with Crippen LogP contribution in [0.5, 0.6) is 0 Å². The highest BCUT2D eigenvalue weighted by molar-refractivity contribution is 6.01. The number of hydrogen-bond donors (Lipinski definition) is 3. The van der Waals surface area contributed by atoms with Crippen molar-refractivity contribution in [2.75, 3.05) is 7.05 Å². The number of carbonyl (C=O) groups excluding carboxylic acids is 1. The molecule has 0 fully saturated rings. The molecule has 82 valence electrons. The highest BCUT2D eigenvalue weighted by Gasteiger charge is 2.44. The number of carbonyl (C=O) groups is 2. The fourth-order valence-corrected chi connectivity index (χ4v) is 1.39. The number of rotatable bonds is 4. The topological polar surface area (TPSA) is 86.6 Å². The van der Waals surface area contributed by atoms with Gasteiger partial charge in [0.15, 0.2) is 0 Å². The lowest BCUT2D eigenvalue weighted by atomic mass is 9.79. The standard InChI is InChI=1S/C9H17NO4/c1-8(2,14)5-9(3,7(12)13)6(11)10-4/h14H,5H2,1-4H3,(H,10,11)(H,12,13). The first-order valence-corrected chi connectivity index (χ1v) is 4.31. The SMILES string of the molecule is CNC(=O)C(C)(CC(C)(C)O)C(=O)O. The van der Waals surface area contributed by atoms with Gasteiger partial charge in [-0.15, -0.1) is 0 Å². The normalized spacial score (nSPS) is 15.8. The zero-order chi connectivity index (χ0) is 11.6. The van der Waals surface area contributed by atoms with Gasteiger partial charge in [-0.1, -0.05) is 0 Å². The molecule has 3 N–H and O–H groups in total. The van der Waals surface area contributed by atoms with E-state index < -0.39 is 22.9 Å². The van der Waals surface area contributed by atoms with Crippen LogP contribution >= 0.6 is 0 Å². The Hall–Kier alpha value is -1.10. The van der Waals surface area contributed by atoms with Crippen molar-refractivity contribution in [2.45, 2.75) is 32.8 Å². The monoisotopic (exact) mass is 203 g/mol. The van der Waals surface area contributed by atoms with Crippen molar-refractivity contribution in [1.82, 2.24) is 5.32 Å². The first kappa shape index (κ1) is 12.9. The van der Waals surface area contributed by atoms with Crippen LogP contribution in [0, 0.1) is 5.41 Å². The zero-order valence-corrected chi connectivity index (χ0v) is 8.92. The minimum absolute atomic E-state index is 0.130. The Kier molecular flexibility index (Phi) is 3.65. The summed E-state index contributed by atoms with van der Waals surface area (Å²) in [4.78, 5) is 22.3. The van der Waals surface area contributed by atoms with E-state index in [1.165, 1.54) is 27.8 Å². The van der Waals surface area contributed by atoms with Crippen LogP contribution in [-0.4, -0.2) is 34.7 Å². The Labute approximate surface area is 83.1 Å². The van der Waals surface area contributed by atoms with Crippen LogP contribution in [0.1, 0.15) is 27.2 Å². The van der Waals surface area contributed by atoms with Crippen molar-refractivity contribution in [3.63, 3.8) is 0 Å². The average Bonchev–Trinajstić information content (AvgIpc) is 1.99. The van der Waals surface area contributed by atoms with Crippen molar-refractivity contribution in [3.05, 3.63) is 0 Å². The van der Waals surface area contributed by atoms with Gasteiger partial charge in [0.2, 0.25) is 5.91 Å². The second-order valence-corrected chi connectivity index (χ2v) is 4.21. The molecule has 0 spiro atoms. The third-order valence-corrected chi connectivity index (χ3v) is 1.99. The predicted molar refractivity (Wildman–Crippen MR) is 50.7 cm³/mol. The highest BCUT2D eigenvalue weighted by Crippen LogP contribution is 2.28. The fourth-order valence-electron chi connectivity index (χ4n) is 1.39. The molecule has 0 saturated heterocycles. The van der Waals surface area contributed by atoms with Gasteiger partial charge in [-0.3, -0.25) is 9.59 Å². The smallest absolute Gasteiger partial charge is 0.319 e. The summed E-state index contributed by atoms with van der Waals surface area (Å²) in [6.45, 7) is 4.24. The van der Waals surface area contributed by atoms with Gasteiger partial charge in [0.05, 0.1) is 5.60 Å². The van der Waals surface area contributed by atoms with E-state index in [4.69, 9.17) is 5.11 Å². The largest absolute Gasteiger partial charge is 0.480 e. The van der Waals surface area contributed by atoms with Gasteiger partial charge in [-0.25, -0.2) is 0 Å². The molecule has 5 nitrogen and oxygen atoms in total. The van der Waals surface area contributed by atoms with E-state index in [1.54, 1.807) is 0 Å². The van der Waals surface area contributed by atoms with Crippen LogP contribution in [0.3, 0.4) is 0 Å². The number of aliphatic carboxylic acids is 1. The van der Waals surface area contributed by atoms with Crippen LogP contribution in [0.2, 0.25) is 0 Å². The molecule has 1 atom stereocenters. The summed E-state index contributed by atoms with van der Waals surface area (Å²) in [7, 11) is 1.37. The molecule has 0 aliphatic rings. The van der Waals surface area contributed by atoms with E-state index in [9.17, 15) is 14.7 Å². The Morgan fingerprint density at radius 2 is 1.71 bits per heavy atom. The van der Waals surface area contributed by atoms with E-state index in [1.807, 2.05) is 0 Å². The predicted octanol–water partition coefficient (Wildman–Crippen LogP) is -0.0157. The number of amides is 1. The third-order valence-electron chi connectivity index (χ3n) is 1.99. The molecule has 0 aliphatic heterocycles. The van der Waals surface area contributed by atoms with Crippen molar-refractivity contribution in [1.29, 1.82) is 0 Å². The maximum Gasteiger partial charge on any atom is 0.319 e. The molecule has 0 heterocycles. The van der Waals surface area contributed by atoms with E-state index in [0.717, 1.165) is 0 Å². The molecule has 1 unspecified atom stereocenters. The molecule has 5 heteroatoms. The molecule has 0 aromatic heterocycles. The quantitative estimate of drug-likeness (QED) is 0.561. The molecular formula is C9H17NO4. The number of hydrogen-bond acceptors (Lipinski definition) is 3. The lowest BCUT2D eigenvalue weighted by Crippen LogP contribution is -2.47. The van der Waals surface area contributed by atoms with Crippen molar-refractivity contribution in [3.8, 4) is 0 Å². The van der Waals surface area contributed by atoms with Crippen LogP contribution in [0.4, 0.5) is 0 Å². The summed E-state index contributed by atoms with van der Waals surface area (Å²) in [6, 6.07) is 0. The summed E-state index contributed by atoms with van der Waals surface area (Å²) >= 11 is 0. The maximum absolute atomic E-state index is 11.3. The second-order valence-electron chi connectivity index (χ2n) is 4.21. The summed E-state index contributed by atoms with van der Waals surface area (Å²) < 4.78 is 0. The third kappa shape index (κ3) is 2.99. The molecule has 0 radical (unpaired) electrons. The summed E-state index contributed by atoms with van der Waals surface area (Å²) in [5.41, 5.74) is -2.79. The summed E-state index contributed by atoms with van der Waals surface area (Å²) in [6.07, 6.45) is -0.130. The highest BCUT2D eigenvalue weighted by atomic mass is 16.4. The first-order chi connectivity index (χ1) is 6.13. The molecule has 0 saturated carbocycles. The number of carboxylic acid groups (broad SMARTS) is 1. The molecule has 0 bridgehead atoms. The number of nitrogens with one attached hydrogen (secondary N) is 1. The van der Waals surface area contributed by atoms with Crippen LogP contribution < -0.4 is 5.32 Å². The van der Waals surface area contributed by atoms with Gasteiger partial charge in [-0.05, 0) is 20.8 Å². The Morgan fingerprint density at radius 1 is 1.29 bits per heavy atom. The average molecular weight is 203 g/mol. The maximum atomic E-state index is 11.3. The molecule has 1 amide bonds. The second kappa shape index (κ2) is 3.96. The molecular weight excluding hydrogens is 186 g/mol.